The third-order valence-electron chi connectivity index (χ3n) is 3.17. The van der Waals surface area contributed by atoms with E-state index in [4.69, 9.17) is 11.5 Å². The molecule has 94 valence electrons. The van der Waals surface area contributed by atoms with Gasteiger partial charge in [-0.25, -0.2) is 0 Å². The van der Waals surface area contributed by atoms with E-state index >= 15 is 0 Å². The van der Waals surface area contributed by atoms with Gasteiger partial charge in [-0.1, -0.05) is 6.92 Å². The minimum absolute atomic E-state index is 0.126. The molecule has 1 rings (SSSR count). The number of hydrogen-bond donors (Lipinski definition) is 2. The first kappa shape index (κ1) is 13.4. The van der Waals surface area contributed by atoms with Crippen molar-refractivity contribution >= 4 is 5.91 Å². The molecule has 1 aliphatic heterocycles. The maximum absolute atomic E-state index is 10.9. The summed E-state index contributed by atoms with van der Waals surface area (Å²) >= 11 is 0. The fourth-order valence-electron chi connectivity index (χ4n) is 2.26. The highest BCUT2D eigenvalue weighted by Crippen LogP contribution is 2.08. The van der Waals surface area contributed by atoms with Crippen molar-refractivity contribution < 1.29 is 4.79 Å². The molecule has 0 radical (unpaired) electrons. The molecule has 5 nitrogen and oxygen atoms in total. The topological polar surface area (TPSA) is 75.6 Å². The highest BCUT2D eigenvalue weighted by molar-refractivity contribution is 5.74. The second-order valence-electron chi connectivity index (χ2n) is 4.44. The number of amides is 1. The summed E-state index contributed by atoms with van der Waals surface area (Å²) in [6.07, 6.45) is 1.58. The molecule has 1 heterocycles. The van der Waals surface area contributed by atoms with Gasteiger partial charge in [-0.2, -0.15) is 0 Å². The number of hydrogen-bond acceptors (Lipinski definition) is 4. The molecule has 1 saturated heterocycles. The lowest BCUT2D eigenvalue weighted by Gasteiger charge is -2.38. The molecule has 1 unspecified atom stereocenters. The van der Waals surface area contributed by atoms with E-state index in [1.807, 2.05) is 0 Å². The Morgan fingerprint density at radius 1 is 1.31 bits per heavy atom. The summed E-state index contributed by atoms with van der Waals surface area (Å²) in [5.74, 6) is -0.258. The normalized spacial score (nSPS) is 20.9. The Kier molecular flexibility index (Phi) is 5.73. The molecule has 0 aliphatic carbocycles. The Bertz CT molecular complexity index is 214. The van der Waals surface area contributed by atoms with Crippen molar-refractivity contribution in [3.8, 4) is 0 Å². The van der Waals surface area contributed by atoms with E-state index < -0.39 is 0 Å². The summed E-state index contributed by atoms with van der Waals surface area (Å²) in [6.45, 7) is 8.01. The van der Waals surface area contributed by atoms with Crippen molar-refractivity contribution in [2.45, 2.75) is 25.8 Å². The van der Waals surface area contributed by atoms with Crippen LogP contribution in [0.3, 0.4) is 0 Å². The van der Waals surface area contributed by atoms with Gasteiger partial charge >= 0.3 is 0 Å². The van der Waals surface area contributed by atoms with Crippen molar-refractivity contribution in [2.75, 3.05) is 39.3 Å². The van der Waals surface area contributed by atoms with Crippen LogP contribution in [0.15, 0.2) is 0 Å². The molecule has 1 amide bonds. The third kappa shape index (κ3) is 4.08. The molecular formula is C11H24N4O. The van der Waals surface area contributed by atoms with Gasteiger partial charge in [-0.15, -0.1) is 0 Å². The van der Waals surface area contributed by atoms with E-state index in [0.717, 1.165) is 32.7 Å². The van der Waals surface area contributed by atoms with E-state index in [1.54, 1.807) is 0 Å². The fraction of sp³-hybridized carbons (Fsp3) is 0.909. The van der Waals surface area contributed by atoms with Gasteiger partial charge in [-0.3, -0.25) is 9.69 Å². The first-order chi connectivity index (χ1) is 7.67. The minimum Gasteiger partial charge on any atom is -0.370 e. The highest BCUT2D eigenvalue weighted by Gasteiger charge is 2.23. The summed E-state index contributed by atoms with van der Waals surface area (Å²) in [5, 5.41) is 0. The van der Waals surface area contributed by atoms with Gasteiger partial charge in [0.25, 0.3) is 0 Å². The zero-order valence-corrected chi connectivity index (χ0v) is 10.2. The van der Waals surface area contributed by atoms with Crippen LogP contribution in [0.4, 0.5) is 0 Å². The van der Waals surface area contributed by atoms with Crippen molar-refractivity contribution in [1.82, 2.24) is 9.80 Å². The van der Waals surface area contributed by atoms with Crippen LogP contribution in [0.1, 0.15) is 19.8 Å². The highest BCUT2D eigenvalue weighted by atomic mass is 16.1. The van der Waals surface area contributed by atoms with Crippen molar-refractivity contribution in [2.24, 2.45) is 11.5 Å². The van der Waals surface area contributed by atoms with Crippen LogP contribution in [0.25, 0.3) is 0 Å². The molecule has 16 heavy (non-hydrogen) atoms. The molecule has 0 aromatic rings. The van der Waals surface area contributed by atoms with Crippen LogP contribution in [0.5, 0.6) is 0 Å². The lowest BCUT2D eigenvalue weighted by Crippen LogP contribution is -2.53. The van der Waals surface area contributed by atoms with E-state index in [2.05, 4.69) is 16.7 Å². The SMILES string of the molecule is CCCN1CCN(C(CN)CC(N)=O)CC1. The lowest BCUT2D eigenvalue weighted by atomic mass is 10.1. The summed E-state index contributed by atoms with van der Waals surface area (Å²) < 4.78 is 0. The molecule has 0 bridgehead atoms. The third-order valence-corrected chi connectivity index (χ3v) is 3.17. The largest absolute Gasteiger partial charge is 0.370 e. The first-order valence-corrected chi connectivity index (χ1v) is 6.12. The van der Waals surface area contributed by atoms with E-state index in [9.17, 15) is 4.79 Å². The Morgan fingerprint density at radius 3 is 2.38 bits per heavy atom. The number of piperazine rings is 1. The van der Waals surface area contributed by atoms with Crippen LogP contribution >= 0.6 is 0 Å². The summed E-state index contributed by atoms with van der Waals surface area (Å²) in [7, 11) is 0. The monoisotopic (exact) mass is 228 g/mol. The molecule has 0 aromatic carbocycles. The van der Waals surface area contributed by atoms with Crippen LogP contribution in [0.2, 0.25) is 0 Å². The van der Waals surface area contributed by atoms with Crippen LogP contribution in [-0.4, -0.2) is 61.0 Å². The van der Waals surface area contributed by atoms with Crippen LogP contribution in [-0.2, 0) is 4.79 Å². The number of carbonyl (C=O) groups is 1. The van der Waals surface area contributed by atoms with Gasteiger partial charge in [0.05, 0.1) is 0 Å². The molecule has 0 spiro atoms. The Hall–Kier alpha value is -0.650. The Morgan fingerprint density at radius 2 is 1.94 bits per heavy atom. The average Bonchev–Trinajstić information content (AvgIpc) is 2.27. The van der Waals surface area contributed by atoms with Crippen LogP contribution in [0, 0.1) is 0 Å². The van der Waals surface area contributed by atoms with Crippen molar-refractivity contribution in [3.05, 3.63) is 0 Å². The van der Waals surface area contributed by atoms with E-state index in [1.165, 1.54) is 6.42 Å². The number of nitrogens with zero attached hydrogens (tertiary/aromatic N) is 2. The first-order valence-electron chi connectivity index (χ1n) is 6.12. The zero-order valence-electron chi connectivity index (χ0n) is 10.2. The van der Waals surface area contributed by atoms with E-state index in [0.29, 0.717) is 13.0 Å². The second kappa shape index (κ2) is 6.83. The molecule has 0 saturated carbocycles. The quantitative estimate of drug-likeness (QED) is 0.625. The molecule has 1 fully saturated rings. The second-order valence-corrected chi connectivity index (χ2v) is 4.44. The zero-order chi connectivity index (χ0) is 12.0. The number of nitrogens with two attached hydrogens (primary N) is 2. The Labute approximate surface area is 97.7 Å². The van der Waals surface area contributed by atoms with Gasteiger partial charge in [0.15, 0.2) is 0 Å². The van der Waals surface area contributed by atoms with Gasteiger partial charge in [0.2, 0.25) is 5.91 Å². The molecule has 1 atom stereocenters. The average molecular weight is 228 g/mol. The van der Waals surface area contributed by atoms with Gasteiger partial charge in [-0.05, 0) is 13.0 Å². The minimum atomic E-state index is -0.258. The summed E-state index contributed by atoms with van der Waals surface area (Å²) in [4.78, 5) is 15.6. The summed E-state index contributed by atoms with van der Waals surface area (Å²) in [6, 6.07) is 0.126. The fourth-order valence-corrected chi connectivity index (χ4v) is 2.26. The predicted molar refractivity (Wildman–Crippen MR) is 65.0 cm³/mol. The molecular weight excluding hydrogens is 204 g/mol. The van der Waals surface area contributed by atoms with Crippen LogP contribution < -0.4 is 11.5 Å². The smallest absolute Gasteiger partial charge is 0.219 e. The molecule has 4 N–H and O–H groups in total. The summed E-state index contributed by atoms with van der Waals surface area (Å²) in [5.41, 5.74) is 10.9. The number of primary amides is 1. The van der Waals surface area contributed by atoms with E-state index in [-0.39, 0.29) is 11.9 Å². The standard InChI is InChI=1S/C11H24N4O/c1-2-3-14-4-6-15(7-5-14)10(9-12)8-11(13)16/h10H,2-9,12H2,1H3,(H2,13,16). The van der Waals surface area contributed by atoms with Gasteiger partial charge in [0.1, 0.15) is 0 Å². The Balaban J connectivity index is 2.35. The van der Waals surface area contributed by atoms with Gasteiger partial charge in [0, 0.05) is 45.2 Å². The predicted octanol–water partition coefficient (Wildman–Crippen LogP) is -0.783. The maximum Gasteiger partial charge on any atom is 0.219 e. The van der Waals surface area contributed by atoms with Gasteiger partial charge < -0.3 is 16.4 Å². The molecule has 1 aliphatic rings. The van der Waals surface area contributed by atoms with Crippen molar-refractivity contribution in [3.63, 3.8) is 0 Å². The maximum atomic E-state index is 10.9. The van der Waals surface area contributed by atoms with Crippen molar-refractivity contribution in [1.29, 1.82) is 0 Å². The lowest BCUT2D eigenvalue weighted by molar-refractivity contribution is -0.119. The molecule has 5 heteroatoms. The number of carbonyl (C=O) groups excluding carboxylic acids is 1. The molecule has 0 aromatic heterocycles. The number of rotatable bonds is 6.